The first-order valence-electron chi connectivity index (χ1n) is 10.7. The highest BCUT2D eigenvalue weighted by Gasteiger charge is 2.54. The first kappa shape index (κ1) is 25.4. The van der Waals surface area contributed by atoms with Gasteiger partial charge in [-0.05, 0) is 36.1 Å². The molecule has 190 valence electrons. The Bertz CT molecular complexity index is 1070. The molecule has 35 heavy (non-hydrogen) atoms. The van der Waals surface area contributed by atoms with Crippen molar-refractivity contribution in [3.05, 3.63) is 59.4 Å². The molecule has 1 spiro atoms. The second-order valence-corrected chi connectivity index (χ2v) is 8.47. The monoisotopic (exact) mass is 504 g/mol. The summed E-state index contributed by atoms with van der Waals surface area (Å²) in [5.41, 5.74) is -1.37. The highest BCUT2D eigenvalue weighted by molar-refractivity contribution is 5.81. The van der Waals surface area contributed by atoms with Gasteiger partial charge in [0.1, 0.15) is 24.1 Å². The molecule has 2 N–H and O–H groups in total. The summed E-state index contributed by atoms with van der Waals surface area (Å²) in [7, 11) is 0. The van der Waals surface area contributed by atoms with E-state index in [2.05, 4.69) is 5.32 Å². The lowest BCUT2D eigenvalue weighted by atomic mass is 9.85. The second-order valence-electron chi connectivity index (χ2n) is 8.47. The summed E-state index contributed by atoms with van der Waals surface area (Å²) in [6.07, 6.45) is -6.96. The zero-order valence-corrected chi connectivity index (χ0v) is 18.2. The van der Waals surface area contributed by atoms with Crippen molar-refractivity contribution in [3.8, 4) is 11.1 Å². The van der Waals surface area contributed by atoms with E-state index in [9.17, 15) is 31.9 Å². The predicted octanol–water partition coefficient (Wildman–Crippen LogP) is 3.13. The zero-order chi connectivity index (χ0) is 25.3. The number of carbonyl (C=O) groups is 1. The largest absolute Gasteiger partial charge is 0.356 e. The summed E-state index contributed by atoms with van der Waals surface area (Å²) in [5.74, 6) is -3.66. The minimum Gasteiger partial charge on any atom is -0.356 e. The molecule has 2 unspecified atom stereocenters. The van der Waals surface area contributed by atoms with Crippen molar-refractivity contribution in [1.82, 2.24) is 10.2 Å². The van der Waals surface area contributed by atoms with Crippen LogP contribution in [0, 0.1) is 17.5 Å². The molecule has 0 radical (unpaired) electrons. The summed E-state index contributed by atoms with van der Waals surface area (Å²) in [4.78, 5) is 13.3. The number of ether oxygens (including phenoxy) is 2. The molecule has 6 nitrogen and oxygen atoms in total. The van der Waals surface area contributed by atoms with Crippen LogP contribution in [0.3, 0.4) is 0 Å². The molecule has 2 heterocycles. The topological polar surface area (TPSA) is 71.0 Å². The van der Waals surface area contributed by atoms with E-state index < -0.39 is 60.7 Å². The molecule has 2 saturated heterocycles. The van der Waals surface area contributed by atoms with E-state index >= 15 is 4.39 Å². The third kappa shape index (κ3) is 5.30. The molecular weight excluding hydrogens is 482 g/mol. The van der Waals surface area contributed by atoms with Crippen LogP contribution in [0.2, 0.25) is 0 Å². The van der Waals surface area contributed by atoms with E-state index in [0.717, 1.165) is 12.1 Å². The van der Waals surface area contributed by atoms with Crippen LogP contribution >= 0.6 is 0 Å². The van der Waals surface area contributed by atoms with E-state index in [1.165, 1.54) is 23.1 Å². The Labute approximate surface area is 196 Å². The van der Waals surface area contributed by atoms with E-state index in [1.807, 2.05) is 0 Å². The summed E-state index contributed by atoms with van der Waals surface area (Å²) in [5, 5.41) is 12.9. The fourth-order valence-corrected chi connectivity index (χ4v) is 4.63. The molecule has 4 atom stereocenters. The van der Waals surface area contributed by atoms with Crippen LogP contribution < -0.4 is 5.32 Å². The molecule has 1 amide bonds. The van der Waals surface area contributed by atoms with Gasteiger partial charge in [-0.15, -0.1) is 0 Å². The smallest absolute Gasteiger partial charge is 0.282 e. The first-order chi connectivity index (χ1) is 16.6. The van der Waals surface area contributed by atoms with E-state index in [-0.39, 0.29) is 42.7 Å². The molecule has 0 bridgehead atoms. The molecule has 4 rings (SSSR count). The highest BCUT2D eigenvalue weighted by atomic mass is 19.3. The minimum atomic E-state index is -2.86. The number of likely N-dealkylation sites (tertiary alicyclic amines) is 1. The maximum Gasteiger partial charge on any atom is 0.282 e. The van der Waals surface area contributed by atoms with Crippen molar-refractivity contribution >= 4 is 5.91 Å². The fraction of sp³-hybridized carbons (Fsp3) is 0.435. The van der Waals surface area contributed by atoms with Gasteiger partial charge < -0.3 is 19.9 Å². The predicted molar refractivity (Wildman–Crippen MR) is 110 cm³/mol. The molecule has 2 aliphatic heterocycles. The summed E-state index contributed by atoms with van der Waals surface area (Å²) < 4.78 is 91.6. The Morgan fingerprint density at radius 2 is 1.91 bits per heavy atom. The number of nitrogens with zero attached hydrogens (tertiary/aromatic N) is 1. The average Bonchev–Trinajstić information content (AvgIpc) is 3.13. The number of hydrogen-bond acceptors (Lipinski definition) is 5. The number of nitrogens with one attached hydrogen (secondary N) is 1. The Morgan fingerprint density at radius 1 is 1.20 bits per heavy atom. The molecule has 2 aromatic carbocycles. The van der Waals surface area contributed by atoms with Crippen LogP contribution in [0.5, 0.6) is 0 Å². The normalized spacial score (nSPS) is 25.9. The van der Waals surface area contributed by atoms with Crippen molar-refractivity contribution in [2.24, 2.45) is 0 Å². The number of aliphatic hydroxyl groups is 1. The maximum atomic E-state index is 15.5. The van der Waals surface area contributed by atoms with Gasteiger partial charge in [-0.1, -0.05) is 18.2 Å². The van der Waals surface area contributed by atoms with E-state index in [0.29, 0.717) is 6.07 Å². The van der Waals surface area contributed by atoms with Crippen LogP contribution in [0.15, 0.2) is 36.4 Å². The number of rotatable bonds is 7. The first-order valence-corrected chi connectivity index (χ1v) is 10.7. The number of amides is 1. The molecular formula is C23H22F6N2O4. The summed E-state index contributed by atoms with van der Waals surface area (Å²) in [6, 6.07) is 5.81. The molecule has 2 aromatic rings. The Hall–Kier alpha value is -2.67. The quantitative estimate of drug-likeness (QED) is 0.448. The fourth-order valence-electron chi connectivity index (χ4n) is 4.63. The lowest BCUT2D eigenvalue weighted by Crippen LogP contribution is -2.66. The lowest BCUT2D eigenvalue weighted by molar-refractivity contribution is -0.217. The van der Waals surface area contributed by atoms with Crippen molar-refractivity contribution in [3.63, 3.8) is 0 Å². The maximum absolute atomic E-state index is 15.5. The molecule has 2 fully saturated rings. The Morgan fingerprint density at radius 3 is 2.57 bits per heavy atom. The van der Waals surface area contributed by atoms with Crippen LogP contribution in [-0.4, -0.2) is 66.5 Å². The number of halogens is 6. The molecule has 0 aliphatic carbocycles. The van der Waals surface area contributed by atoms with Crippen molar-refractivity contribution < 1.29 is 45.7 Å². The van der Waals surface area contributed by atoms with Gasteiger partial charge in [0.15, 0.2) is 0 Å². The van der Waals surface area contributed by atoms with Gasteiger partial charge in [-0.3, -0.25) is 4.79 Å². The number of alkyl halides is 3. The lowest BCUT2D eigenvalue weighted by Gasteiger charge is -2.42. The number of morpholine rings is 1. The van der Waals surface area contributed by atoms with Crippen molar-refractivity contribution in [2.75, 3.05) is 19.8 Å². The third-order valence-electron chi connectivity index (χ3n) is 6.24. The zero-order valence-electron chi connectivity index (χ0n) is 18.2. The third-order valence-corrected chi connectivity index (χ3v) is 6.24. The number of carbonyl (C=O) groups excluding carboxylic acids is 1. The standard InChI is InChI=1S/C23H22F6N2O4/c24-14-6-13(7-15(25)9-14)16-3-1-2-12(19(16)28)8-17-23(11-35-20(29)21(32)30-23)4-5-31(17)22(33)34-10-18(26)27/h1-3,6-7,9,17-18,20,22,33H,4-5,8,10-11H2,(H,30,32)/t17-,20?,22?,23+/m0/s1. The van der Waals surface area contributed by atoms with Crippen molar-refractivity contribution in [1.29, 1.82) is 0 Å². The van der Waals surface area contributed by atoms with Crippen molar-refractivity contribution in [2.45, 2.75) is 43.6 Å². The minimum absolute atomic E-state index is 0.0338. The van der Waals surface area contributed by atoms with Gasteiger partial charge >= 0.3 is 0 Å². The number of benzene rings is 2. The second kappa shape index (κ2) is 10.1. The SMILES string of the molecule is O=C1N[C@]2(CCN(C(O)OCC(F)F)[C@H]2Cc2cccc(-c3cc(F)cc(F)c3)c2F)COC1F. The van der Waals surface area contributed by atoms with Gasteiger partial charge in [0.05, 0.1) is 12.1 Å². The van der Waals surface area contributed by atoms with Gasteiger partial charge in [0.25, 0.3) is 18.7 Å². The van der Waals surface area contributed by atoms with E-state index in [4.69, 9.17) is 9.47 Å². The number of aliphatic hydroxyl groups excluding tert-OH is 1. The van der Waals surface area contributed by atoms with Crippen LogP contribution in [0.25, 0.3) is 11.1 Å². The summed E-state index contributed by atoms with van der Waals surface area (Å²) >= 11 is 0. The van der Waals surface area contributed by atoms with Crippen LogP contribution in [0.4, 0.5) is 26.3 Å². The van der Waals surface area contributed by atoms with Gasteiger partial charge in [0.2, 0.25) is 6.41 Å². The van der Waals surface area contributed by atoms with E-state index in [1.54, 1.807) is 0 Å². The summed E-state index contributed by atoms with van der Waals surface area (Å²) in [6.45, 7) is -1.35. The Kier molecular flexibility index (Phi) is 7.36. The molecule has 0 aromatic heterocycles. The molecule has 12 heteroatoms. The molecule has 0 saturated carbocycles. The van der Waals surface area contributed by atoms with Crippen LogP contribution in [-0.2, 0) is 20.7 Å². The average molecular weight is 504 g/mol. The van der Waals surface area contributed by atoms with Gasteiger partial charge in [0, 0.05) is 24.2 Å². The number of hydrogen-bond donors (Lipinski definition) is 2. The van der Waals surface area contributed by atoms with Crippen LogP contribution in [0.1, 0.15) is 12.0 Å². The highest BCUT2D eigenvalue weighted by Crippen LogP contribution is 2.37. The van der Waals surface area contributed by atoms with Gasteiger partial charge in [-0.2, -0.15) is 0 Å². The Balaban J connectivity index is 1.68. The molecule has 2 aliphatic rings. The van der Waals surface area contributed by atoms with Gasteiger partial charge in [-0.25, -0.2) is 31.2 Å².